The monoisotopic (exact) mass is 381 g/mol. The summed E-state index contributed by atoms with van der Waals surface area (Å²) >= 11 is 5.91. The molecule has 0 radical (unpaired) electrons. The van der Waals surface area contributed by atoms with Gasteiger partial charge >= 0.3 is 0 Å². The van der Waals surface area contributed by atoms with E-state index in [-0.39, 0.29) is 11.5 Å². The van der Waals surface area contributed by atoms with Crippen LogP contribution in [-0.2, 0) is 14.4 Å². The average molecular weight is 382 g/mol. The number of hydrazone groups is 1. The van der Waals surface area contributed by atoms with Crippen molar-refractivity contribution < 1.29 is 14.4 Å². The number of hydrogen-bond donors (Lipinski definition) is 0. The Labute approximate surface area is 161 Å². The second-order valence-corrected chi connectivity index (χ2v) is 7.07. The third kappa shape index (κ3) is 2.73. The number of ketones is 1. The topological polar surface area (TPSA) is 70.1 Å². The number of halogens is 1. The number of amides is 2. The van der Waals surface area contributed by atoms with Crippen LogP contribution in [-0.4, -0.2) is 29.4 Å². The normalized spacial score (nSPS) is 21.5. The number of Topliss-reactive ketones (excluding diaryl/α,β-unsaturated/α-hetero) is 1. The van der Waals surface area contributed by atoms with Gasteiger partial charge in [-0.2, -0.15) is 5.10 Å². The van der Waals surface area contributed by atoms with Gasteiger partial charge in [-0.05, 0) is 43.3 Å². The van der Waals surface area contributed by atoms with Crippen LogP contribution in [0, 0.1) is 12.8 Å². The van der Waals surface area contributed by atoms with Crippen LogP contribution in [0.2, 0.25) is 5.02 Å². The molecule has 6 nitrogen and oxygen atoms in total. The molecule has 0 aromatic heterocycles. The fraction of sp³-hybridized carbons (Fsp3) is 0.200. The molecule has 0 spiro atoms. The lowest BCUT2D eigenvalue weighted by Gasteiger charge is -2.22. The molecule has 27 heavy (non-hydrogen) atoms. The summed E-state index contributed by atoms with van der Waals surface area (Å²) in [5, 5.41) is 6.31. The molecule has 4 rings (SSSR count). The van der Waals surface area contributed by atoms with Crippen molar-refractivity contribution in [1.29, 1.82) is 0 Å². The predicted molar refractivity (Wildman–Crippen MR) is 103 cm³/mol. The fourth-order valence-corrected chi connectivity index (χ4v) is 3.59. The number of benzene rings is 2. The van der Waals surface area contributed by atoms with Crippen molar-refractivity contribution in [3.8, 4) is 0 Å². The van der Waals surface area contributed by atoms with Crippen molar-refractivity contribution in [2.45, 2.75) is 19.9 Å². The van der Waals surface area contributed by atoms with Crippen molar-refractivity contribution >= 4 is 46.3 Å². The molecule has 2 amide bonds. The quantitative estimate of drug-likeness (QED) is 0.766. The molecule has 2 unspecified atom stereocenters. The number of rotatable bonds is 3. The number of nitrogens with zero attached hydrogens (tertiary/aromatic N) is 3. The number of aryl methyl sites for hydroxylation is 1. The molecule has 2 heterocycles. The van der Waals surface area contributed by atoms with E-state index in [1.807, 2.05) is 31.2 Å². The van der Waals surface area contributed by atoms with E-state index in [0.717, 1.165) is 10.5 Å². The summed E-state index contributed by atoms with van der Waals surface area (Å²) in [7, 11) is 0. The van der Waals surface area contributed by atoms with Gasteiger partial charge in [0.15, 0.2) is 5.78 Å². The Morgan fingerprint density at radius 2 is 1.56 bits per heavy atom. The third-order valence-corrected chi connectivity index (χ3v) is 5.05. The van der Waals surface area contributed by atoms with E-state index in [1.165, 1.54) is 11.9 Å². The summed E-state index contributed by atoms with van der Waals surface area (Å²) in [6.45, 7) is 3.31. The first kappa shape index (κ1) is 17.4. The Kier molecular flexibility index (Phi) is 4.08. The molecule has 2 atom stereocenters. The first-order chi connectivity index (χ1) is 12.9. The van der Waals surface area contributed by atoms with Gasteiger partial charge < -0.3 is 0 Å². The second kappa shape index (κ2) is 6.32. The molecule has 0 N–H and O–H groups in total. The maximum Gasteiger partial charge on any atom is 0.259 e. The van der Waals surface area contributed by atoms with E-state index in [9.17, 15) is 14.4 Å². The SMILES string of the molecule is CC(=O)C1=NN(c2ccc(C)cc2)C2C(=O)N(c3ccc(Cl)cc3)C(=O)C12. The van der Waals surface area contributed by atoms with Gasteiger partial charge in [-0.1, -0.05) is 29.3 Å². The Balaban J connectivity index is 1.79. The van der Waals surface area contributed by atoms with Gasteiger partial charge in [-0.3, -0.25) is 19.4 Å². The van der Waals surface area contributed by atoms with Crippen LogP contribution in [0.15, 0.2) is 53.6 Å². The lowest BCUT2D eigenvalue weighted by molar-refractivity contribution is -0.122. The molecule has 1 saturated heterocycles. The summed E-state index contributed by atoms with van der Waals surface area (Å²) in [6.07, 6.45) is 0. The minimum atomic E-state index is -0.910. The summed E-state index contributed by atoms with van der Waals surface area (Å²) in [6, 6.07) is 13.0. The molecular weight excluding hydrogens is 366 g/mol. The van der Waals surface area contributed by atoms with E-state index in [1.54, 1.807) is 24.3 Å². The van der Waals surface area contributed by atoms with Gasteiger partial charge in [-0.25, -0.2) is 4.90 Å². The molecule has 2 aliphatic heterocycles. The van der Waals surface area contributed by atoms with Crippen molar-refractivity contribution in [2.75, 3.05) is 9.91 Å². The van der Waals surface area contributed by atoms with E-state index in [0.29, 0.717) is 16.4 Å². The van der Waals surface area contributed by atoms with Gasteiger partial charge in [0, 0.05) is 11.9 Å². The number of anilines is 2. The van der Waals surface area contributed by atoms with E-state index in [4.69, 9.17) is 11.6 Å². The molecule has 1 fully saturated rings. The summed E-state index contributed by atoms with van der Waals surface area (Å²) in [4.78, 5) is 39.4. The van der Waals surface area contributed by atoms with Crippen LogP contribution in [0.4, 0.5) is 11.4 Å². The van der Waals surface area contributed by atoms with Crippen LogP contribution in [0.25, 0.3) is 0 Å². The Hall–Kier alpha value is -2.99. The van der Waals surface area contributed by atoms with Crippen LogP contribution in [0.3, 0.4) is 0 Å². The van der Waals surface area contributed by atoms with E-state index >= 15 is 0 Å². The lowest BCUT2D eigenvalue weighted by Crippen LogP contribution is -2.39. The number of hydrogen-bond acceptors (Lipinski definition) is 5. The molecule has 136 valence electrons. The maximum atomic E-state index is 13.1. The van der Waals surface area contributed by atoms with E-state index in [2.05, 4.69) is 5.10 Å². The average Bonchev–Trinajstić information content (AvgIpc) is 3.15. The smallest absolute Gasteiger partial charge is 0.259 e. The van der Waals surface area contributed by atoms with Crippen molar-refractivity contribution in [1.82, 2.24) is 0 Å². The Morgan fingerprint density at radius 3 is 2.15 bits per heavy atom. The maximum absolute atomic E-state index is 13.1. The number of carbonyl (C=O) groups excluding carboxylic acids is 3. The first-order valence-corrected chi connectivity index (χ1v) is 8.85. The highest BCUT2D eigenvalue weighted by atomic mass is 35.5. The Bertz CT molecular complexity index is 983. The van der Waals surface area contributed by atoms with Gasteiger partial charge in [0.25, 0.3) is 5.91 Å². The summed E-state index contributed by atoms with van der Waals surface area (Å²) in [5.74, 6) is -2.09. The highest BCUT2D eigenvalue weighted by Crippen LogP contribution is 2.38. The van der Waals surface area contributed by atoms with Crippen molar-refractivity contribution in [2.24, 2.45) is 11.0 Å². The molecule has 0 bridgehead atoms. The molecule has 2 aliphatic rings. The van der Waals surface area contributed by atoms with Crippen LogP contribution in [0.5, 0.6) is 0 Å². The zero-order valence-electron chi connectivity index (χ0n) is 14.7. The van der Waals surface area contributed by atoms with Crippen LogP contribution >= 0.6 is 11.6 Å². The molecule has 0 saturated carbocycles. The molecular formula is C20H16ClN3O3. The zero-order chi connectivity index (χ0) is 19.3. The van der Waals surface area contributed by atoms with Gasteiger partial charge in [-0.15, -0.1) is 0 Å². The lowest BCUT2D eigenvalue weighted by atomic mass is 9.95. The second-order valence-electron chi connectivity index (χ2n) is 6.63. The minimum absolute atomic E-state index is 0.107. The molecule has 2 aromatic carbocycles. The summed E-state index contributed by atoms with van der Waals surface area (Å²) in [5.41, 5.74) is 2.25. The highest BCUT2D eigenvalue weighted by molar-refractivity contribution is 6.48. The van der Waals surface area contributed by atoms with Gasteiger partial charge in [0.1, 0.15) is 17.7 Å². The summed E-state index contributed by atoms with van der Waals surface area (Å²) < 4.78 is 0. The van der Waals surface area contributed by atoms with Crippen molar-refractivity contribution in [3.05, 3.63) is 59.1 Å². The van der Waals surface area contributed by atoms with Gasteiger partial charge in [0.05, 0.1) is 11.4 Å². The van der Waals surface area contributed by atoms with Crippen LogP contribution in [0.1, 0.15) is 12.5 Å². The van der Waals surface area contributed by atoms with Crippen LogP contribution < -0.4 is 9.91 Å². The van der Waals surface area contributed by atoms with Crippen molar-refractivity contribution in [3.63, 3.8) is 0 Å². The zero-order valence-corrected chi connectivity index (χ0v) is 15.5. The molecule has 0 aliphatic carbocycles. The fourth-order valence-electron chi connectivity index (χ4n) is 3.46. The third-order valence-electron chi connectivity index (χ3n) is 4.79. The standard InChI is InChI=1S/C20H16ClN3O3/c1-11-3-7-15(8-4-11)24-18-16(17(22-24)12(2)25)19(26)23(20(18)27)14-9-5-13(21)6-10-14/h3-10,16,18H,1-2H3. The van der Waals surface area contributed by atoms with Gasteiger partial charge in [0.2, 0.25) is 5.91 Å². The molecule has 2 aromatic rings. The number of imide groups is 1. The highest BCUT2D eigenvalue weighted by Gasteiger charge is 2.58. The first-order valence-electron chi connectivity index (χ1n) is 8.47. The minimum Gasteiger partial charge on any atom is -0.293 e. The predicted octanol–water partition coefficient (Wildman–Crippen LogP) is 2.97. The largest absolute Gasteiger partial charge is 0.293 e. The number of carbonyl (C=O) groups is 3. The molecule has 7 heteroatoms. The van der Waals surface area contributed by atoms with E-state index < -0.39 is 23.8 Å². The Morgan fingerprint density at radius 1 is 0.963 bits per heavy atom. The number of fused-ring (bicyclic) bond motifs is 1.